The monoisotopic (exact) mass is 452 g/mol. The molecule has 1 atom stereocenters. The Balaban J connectivity index is 4.34. The topological polar surface area (TPSA) is 83.5 Å². The maximum absolute atomic E-state index is 11.5. The highest BCUT2D eigenvalue weighted by atomic mass is 28.4. The Bertz CT molecular complexity index is 445. The molecule has 0 aromatic carbocycles. The summed E-state index contributed by atoms with van der Waals surface area (Å²) in [6.07, 6.45) is 0.435. The van der Waals surface area contributed by atoms with Crippen LogP contribution in [-0.2, 0) is 27.2 Å². The minimum atomic E-state index is -1.71. The highest BCUT2D eigenvalue weighted by Crippen LogP contribution is 2.15. The lowest BCUT2D eigenvalue weighted by Gasteiger charge is -2.30. The van der Waals surface area contributed by atoms with E-state index in [1.54, 1.807) is 6.92 Å². The van der Waals surface area contributed by atoms with Crippen LogP contribution in [0.1, 0.15) is 13.3 Å². The lowest BCUT2D eigenvalue weighted by Crippen LogP contribution is -2.43. The van der Waals surface area contributed by atoms with Gasteiger partial charge in [0.05, 0.1) is 19.8 Å². The predicted octanol–water partition coefficient (Wildman–Crippen LogP) is 2.81. The van der Waals surface area contributed by atoms with Gasteiger partial charge in [0.2, 0.25) is 0 Å². The van der Waals surface area contributed by atoms with E-state index in [9.17, 15) is 4.79 Å². The lowest BCUT2D eigenvalue weighted by molar-refractivity contribution is -0.145. The minimum Gasteiger partial charge on any atom is -0.459 e. The molecule has 0 spiro atoms. The second-order valence-electron chi connectivity index (χ2n) is 8.70. The first-order valence-corrected chi connectivity index (χ1v) is 18.4. The molecule has 1 N–H and O–H groups in total. The highest BCUT2D eigenvalue weighted by molar-refractivity contribution is 6.81. The molecular formula is C18H40O7Si3. The molecule has 0 aliphatic rings. The van der Waals surface area contributed by atoms with Crippen molar-refractivity contribution in [2.45, 2.75) is 64.8 Å². The van der Waals surface area contributed by atoms with Crippen LogP contribution in [0.3, 0.4) is 0 Å². The number of ether oxygens (including phenoxy) is 3. The van der Waals surface area contributed by atoms with Gasteiger partial charge < -0.3 is 27.5 Å². The van der Waals surface area contributed by atoms with Crippen molar-refractivity contribution >= 4 is 31.9 Å². The Labute approximate surface area is 174 Å². The van der Waals surface area contributed by atoms with E-state index in [1.807, 2.05) is 0 Å². The highest BCUT2D eigenvalue weighted by Gasteiger charge is 2.28. The summed E-state index contributed by atoms with van der Waals surface area (Å²) in [6.45, 7) is 19.2. The third-order valence-electron chi connectivity index (χ3n) is 3.20. The first-order valence-electron chi connectivity index (χ1n) is 9.82. The molecule has 0 rings (SSSR count). The Kier molecular flexibility index (Phi) is 13.6. The van der Waals surface area contributed by atoms with Gasteiger partial charge in [-0.05, 0) is 58.7 Å². The number of carbonyl (C=O) groups is 1. The third-order valence-corrected chi connectivity index (χ3v) is 11.8. The van der Waals surface area contributed by atoms with E-state index < -0.39 is 38.0 Å². The van der Waals surface area contributed by atoms with Crippen LogP contribution >= 0.6 is 0 Å². The lowest BCUT2D eigenvalue weighted by atomic mass is 10.3. The molecule has 0 aromatic rings. The molecule has 0 saturated carbocycles. The van der Waals surface area contributed by atoms with Gasteiger partial charge in [-0.3, -0.25) is 0 Å². The zero-order chi connectivity index (χ0) is 21.8. The number of esters is 1. The molecule has 0 bridgehead atoms. The van der Waals surface area contributed by atoms with Crippen molar-refractivity contribution in [1.29, 1.82) is 0 Å². The van der Waals surface area contributed by atoms with Gasteiger partial charge in [0.15, 0.2) is 16.6 Å². The van der Waals surface area contributed by atoms with Crippen LogP contribution in [0.2, 0.25) is 45.3 Å². The fraction of sp³-hybridized carbons (Fsp3) is 0.833. The van der Waals surface area contributed by atoms with E-state index in [0.29, 0.717) is 18.8 Å². The summed E-state index contributed by atoms with van der Waals surface area (Å²) in [5, 5.41) is 8.93. The predicted molar refractivity (Wildman–Crippen MR) is 119 cm³/mol. The first-order chi connectivity index (χ1) is 12.8. The van der Waals surface area contributed by atoms with Gasteiger partial charge in [-0.15, -0.1) is 0 Å². The average Bonchev–Trinajstić information content (AvgIpc) is 2.52. The van der Waals surface area contributed by atoms with Gasteiger partial charge in [-0.2, -0.15) is 0 Å². The van der Waals surface area contributed by atoms with E-state index in [2.05, 4.69) is 45.9 Å². The van der Waals surface area contributed by atoms with Gasteiger partial charge >= 0.3 is 15.3 Å². The number of aliphatic hydroxyl groups excluding tert-OH is 1. The van der Waals surface area contributed by atoms with Crippen molar-refractivity contribution in [3.8, 4) is 0 Å². The molecule has 0 heterocycles. The smallest absolute Gasteiger partial charge is 0.333 e. The van der Waals surface area contributed by atoms with E-state index >= 15 is 0 Å². The Hall–Kier alpha value is -0.339. The zero-order valence-electron chi connectivity index (χ0n) is 18.7. The molecule has 0 aliphatic heterocycles. The quantitative estimate of drug-likeness (QED) is 0.167. The number of rotatable bonds is 16. The molecule has 10 heteroatoms. The van der Waals surface area contributed by atoms with Gasteiger partial charge in [0, 0.05) is 12.2 Å². The van der Waals surface area contributed by atoms with Crippen LogP contribution in [0, 0.1) is 0 Å². The van der Waals surface area contributed by atoms with Crippen molar-refractivity contribution in [2.75, 3.05) is 33.0 Å². The van der Waals surface area contributed by atoms with E-state index in [-0.39, 0.29) is 19.8 Å². The fourth-order valence-corrected chi connectivity index (χ4v) is 10.5. The molecule has 0 amide bonds. The normalized spacial score (nSPS) is 13.6. The minimum absolute atomic E-state index is 0.0700. The number of hydrogen-bond acceptors (Lipinski definition) is 7. The van der Waals surface area contributed by atoms with Crippen LogP contribution in [0.4, 0.5) is 0 Å². The number of aliphatic hydroxyl groups is 1. The second kappa shape index (κ2) is 13.8. The first kappa shape index (κ1) is 27.7. The van der Waals surface area contributed by atoms with Gasteiger partial charge in [0.25, 0.3) is 0 Å². The summed E-state index contributed by atoms with van der Waals surface area (Å²) in [5.41, 5.74) is 0.336. The molecule has 0 radical (unpaired) electrons. The fourth-order valence-electron chi connectivity index (χ4n) is 2.15. The summed E-state index contributed by atoms with van der Waals surface area (Å²) >= 11 is 0. The second-order valence-corrected chi connectivity index (χ2v) is 20.5. The van der Waals surface area contributed by atoms with Crippen molar-refractivity contribution in [3.63, 3.8) is 0 Å². The van der Waals surface area contributed by atoms with Crippen LogP contribution in [0.25, 0.3) is 0 Å². The molecule has 0 saturated heterocycles. The summed E-state index contributed by atoms with van der Waals surface area (Å²) in [7, 11) is -4.97. The zero-order valence-corrected chi connectivity index (χ0v) is 21.9. The Morgan fingerprint density at radius 3 is 2.07 bits per heavy atom. The standard InChI is InChI=1S/C18H40O7Si3/c1-16(2)18(20)23-15-17(22-12-10-19)14-21-11-9-13-26(24-27(3,4)5)25-28(6,7)8/h17,19,26H,1,9-15H2,2-8H3. The number of hydrogen-bond donors (Lipinski definition) is 1. The molecule has 0 fully saturated rings. The van der Waals surface area contributed by atoms with Crippen LogP contribution in [-0.4, -0.2) is 76.1 Å². The van der Waals surface area contributed by atoms with Crippen molar-refractivity contribution in [3.05, 3.63) is 12.2 Å². The summed E-state index contributed by atoms with van der Waals surface area (Å²) < 4.78 is 28.9. The van der Waals surface area contributed by atoms with Gasteiger partial charge in [0.1, 0.15) is 12.7 Å². The average molecular weight is 453 g/mol. The maximum Gasteiger partial charge on any atom is 0.333 e. The summed E-state index contributed by atoms with van der Waals surface area (Å²) in [5.74, 6) is -0.460. The van der Waals surface area contributed by atoms with Gasteiger partial charge in [-0.1, -0.05) is 6.58 Å². The van der Waals surface area contributed by atoms with Crippen molar-refractivity contribution in [1.82, 2.24) is 0 Å². The van der Waals surface area contributed by atoms with Crippen molar-refractivity contribution < 1.29 is 32.3 Å². The Morgan fingerprint density at radius 1 is 1.04 bits per heavy atom. The summed E-state index contributed by atoms with van der Waals surface area (Å²) in [4.78, 5) is 11.5. The van der Waals surface area contributed by atoms with Crippen LogP contribution < -0.4 is 0 Å². The Morgan fingerprint density at radius 2 is 1.61 bits per heavy atom. The number of carbonyl (C=O) groups excluding carboxylic acids is 1. The molecule has 0 aliphatic carbocycles. The molecule has 166 valence electrons. The van der Waals surface area contributed by atoms with E-state index in [0.717, 1.165) is 12.5 Å². The summed E-state index contributed by atoms with van der Waals surface area (Å²) in [6, 6.07) is 0.904. The molecule has 1 unspecified atom stereocenters. The van der Waals surface area contributed by atoms with Crippen LogP contribution in [0.15, 0.2) is 12.2 Å². The van der Waals surface area contributed by atoms with E-state index in [1.165, 1.54) is 0 Å². The van der Waals surface area contributed by atoms with Crippen molar-refractivity contribution in [2.24, 2.45) is 0 Å². The van der Waals surface area contributed by atoms with Gasteiger partial charge in [-0.25, -0.2) is 4.79 Å². The largest absolute Gasteiger partial charge is 0.459 e. The molecule has 0 aromatic heterocycles. The third kappa shape index (κ3) is 16.6. The molecular weight excluding hydrogens is 412 g/mol. The van der Waals surface area contributed by atoms with Crippen LogP contribution in [0.5, 0.6) is 0 Å². The molecule has 28 heavy (non-hydrogen) atoms. The maximum atomic E-state index is 11.5. The SMILES string of the molecule is C=C(C)C(=O)OCC(COCCC[SiH](O[Si](C)(C)C)O[Si](C)(C)C)OCCO. The molecule has 7 nitrogen and oxygen atoms in total. The van der Waals surface area contributed by atoms with E-state index in [4.69, 9.17) is 27.5 Å².